The molecular formula is C25H30ClN5O4S. The molecule has 2 atom stereocenters. The molecule has 1 aromatic heterocycles. The number of carbonyl (C=O) groups is 3. The van der Waals surface area contributed by atoms with Crippen LogP contribution in [0.2, 0.25) is 4.34 Å². The normalized spacial score (nSPS) is 22.2. The second-order valence-electron chi connectivity index (χ2n) is 9.60. The van der Waals surface area contributed by atoms with Crippen LogP contribution < -0.4 is 26.2 Å². The number of nitrogens with one attached hydrogen (secondary N) is 2. The largest absolute Gasteiger partial charge is 0.442 e. The van der Waals surface area contributed by atoms with Crippen molar-refractivity contribution in [2.75, 3.05) is 41.3 Å². The summed E-state index contributed by atoms with van der Waals surface area (Å²) in [4.78, 5) is 42.2. The van der Waals surface area contributed by atoms with Crippen LogP contribution in [0.25, 0.3) is 0 Å². The Bertz CT molecular complexity index is 1150. The lowest BCUT2D eigenvalue weighted by atomic mass is 10.1. The molecule has 36 heavy (non-hydrogen) atoms. The monoisotopic (exact) mass is 531 g/mol. The molecule has 3 amide bonds. The Balaban J connectivity index is 1.29. The first-order chi connectivity index (χ1) is 17.4. The van der Waals surface area contributed by atoms with Crippen LogP contribution in [0.1, 0.15) is 41.8 Å². The summed E-state index contributed by atoms with van der Waals surface area (Å²) < 4.78 is 6.04. The summed E-state index contributed by atoms with van der Waals surface area (Å²) in [7, 11) is 0. The minimum atomic E-state index is -0.496. The van der Waals surface area contributed by atoms with Crippen LogP contribution in [0.4, 0.5) is 21.9 Å². The maximum Gasteiger partial charge on any atom is 0.414 e. The van der Waals surface area contributed by atoms with Crippen molar-refractivity contribution < 1.29 is 19.1 Å². The lowest BCUT2D eigenvalue weighted by Gasteiger charge is -2.24. The smallest absolute Gasteiger partial charge is 0.414 e. The molecule has 3 fully saturated rings. The van der Waals surface area contributed by atoms with Crippen LogP contribution >= 0.6 is 22.9 Å². The summed E-state index contributed by atoms with van der Waals surface area (Å²) in [6, 6.07) is 9.05. The third-order valence-electron chi connectivity index (χ3n) is 7.00. The van der Waals surface area contributed by atoms with Gasteiger partial charge >= 0.3 is 6.09 Å². The molecule has 2 aliphatic heterocycles. The summed E-state index contributed by atoms with van der Waals surface area (Å²) in [5.41, 5.74) is 8.35. The zero-order valence-electron chi connectivity index (χ0n) is 19.9. The molecular weight excluding hydrogens is 502 g/mol. The fraction of sp³-hybridized carbons (Fsp3) is 0.480. The van der Waals surface area contributed by atoms with E-state index in [1.54, 1.807) is 12.1 Å². The molecule has 1 aliphatic carbocycles. The number of carbonyl (C=O) groups excluding carboxylic acids is 3. The highest BCUT2D eigenvalue weighted by Crippen LogP contribution is 2.35. The molecule has 2 aromatic rings. The van der Waals surface area contributed by atoms with Crippen molar-refractivity contribution in [2.24, 2.45) is 11.7 Å². The summed E-state index contributed by atoms with van der Waals surface area (Å²) in [5.74, 6) is -0.218. The van der Waals surface area contributed by atoms with E-state index in [0.717, 1.165) is 44.3 Å². The van der Waals surface area contributed by atoms with Crippen LogP contribution in [-0.4, -0.2) is 56.2 Å². The Kier molecular flexibility index (Phi) is 7.36. The topological polar surface area (TPSA) is 117 Å². The quantitative estimate of drug-likeness (QED) is 0.500. The molecule has 1 aromatic carbocycles. The van der Waals surface area contributed by atoms with Gasteiger partial charge in [0.25, 0.3) is 5.91 Å². The molecule has 192 valence electrons. The van der Waals surface area contributed by atoms with Crippen molar-refractivity contribution in [3.8, 4) is 0 Å². The molecule has 1 saturated carbocycles. The lowest BCUT2D eigenvalue weighted by Crippen LogP contribution is -2.34. The number of thiophene rings is 1. The molecule has 0 spiro atoms. The fourth-order valence-electron chi connectivity index (χ4n) is 5.07. The highest BCUT2D eigenvalue weighted by Gasteiger charge is 2.34. The summed E-state index contributed by atoms with van der Waals surface area (Å²) in [6.07, 6.45) is 3.85. The predicted molar refractivity (Wildman–Crippen MR) is 141 cm³/mol. The number of nitrogens with two attached hydrogens (primary N) is 1. The van der Waals surface area contributed by atoms with Crippen LogP contribution in [0.15, 0.2) is 30.3 Å². The van der Waals surface area contributed by atoms with Gasteiger partial charge in [-0.3, -0.25) is 14.5 Å². The minimum Gasteiger partial charge on any atom is -0.442 e. The van der Waals surface area contributed by atoms with Crippen molar-refractivity contribution in [3.63, 3.8) is 0 Å². The standard InChI is InChI=1S/C25H30ClN5O4S/c26-22-8-7-21(36-22)24(33)28-12-18-14-31(25(34)35-18)17-5-6-20(30-10-9-16(27)13-30)19(11-17)29-23(32)15-3-1-2-4-15/h5-8,11,15-16,18H,1-4,9-10,12-14,27H2,(H,28,33)(H,29,32). The first-order valence-corrected chi connectivity index (χ1v) is 13.5. The molecule has 5 rings (SSSR count). The highest BCUT2D eigenvalue weighted by molar-refractivity contribution is 7.18. The molecule has 0 bridgehead atoms. The number of nitrogens with zero attached hydrogens (tertiary/aromatic N) is 2. The Hall–Kier alpha value is -2.82. The van der Waals surface area contributed by atoms with Gasteiger partial charge in [-0.15, -0.1) is 11.3 Å². The Morgan fingerprint density at radius 3 is 2.64 bits per heavy atom. The fourth-order valence-corrected chi connectivity index (χ4v) is 6.02. The van der Waals surface area contributed by atoms with Gasteiger partial charge in [-0.05, 0) is 49.6 Å². The van der Waals surface area contributed by atoms with Crippen LogP contribution in [0.5, 0.6) is 0 Å². The number of halogens is 1. The van der Waals surface area contributed by atoms with Crippen LogP contribution in [-0.2, 0) is 9.53 Å². The van der Waals surface area contributed by atoms with Crippen molar-refractivity contribution in [1.29, 1.82) is 0 Å². The first kappa shape index (κ1) is 24.9. The average molecular weight is 532 g/mol. The van der Waals surface area contributed by atoms with E-state index < -0.39 is 12.2 Å². The van der Waals surface area contributed by atoms with Gasteiger partial charge in [0.1, 0.15) is 6.10 Å². The van der Waals surface area contributed by atoms with Gasteiger partial charge in [0.2, 0.25) is 5.91 Å². The Labute approximate surface area is 218 Å². The van der Waals surface area contributed by atoms with Gasteiger partial charge in [0.15, 0.2) is 0 Å². The molecule has 9 nitrogen and oxygen atoms in total. The van der Waals surface area contributed by atoms with Gasteiger partial charge < -0.3 is 26.0 Å². The van der Waals surface area contributed by atoms with Gasteiger partial charge in [-0.2, -0.15) is 0 Å². The third-order valence-corrected chi connectivity index (χ3v) is 8.23. The van der Waals surface area contributed by atoms with Crippen molar-refractivity contribution in [1.82, 2.24) is 5.32 Å². The molecule has 3 aliphatic rings. The average Bonchev–Trinajstić information content (AvgIpc) is 3.66. The minimum absolute atomic E-state index is 0.0188. The van der Waals surface area contributed by atoms with Gasteiger partial charge in [0.05, 0.1) is 33.7 Å². The van der Waals surface area contributed by atoms with Crippen molar-refractivity contribution >= 4 is 57.9 Å². The SMILES string of the molecule is NC1CCN(c2ccc(N3CC(CNC(=O)c4ccc(Cl)s4)OC3=O)cc2NC(=O)C2CCCC2)C1. The number of ether oxygens (including phenoxy) is 1. The number of amides is 3. The second-order valence-corrected chi connectivity index (χ2v) is 11.3. The summed E-state index contributed by atoms with van der Waals surface area (Å²) >= 11 is 7.10. The lowest BCUT2D eigenvalue weighted by molar-refractivity contribution is -0.119. The van der Waals surface area contributed by atoms with Crippen molar-refractivity contribution in [3.05, 3.63) is 39.5 Å². The zero-order chi connectivity index (χ0) is 25.2. The van der Waals surface area contributed by atoms with E-state index in [1.807, 2.05) is 18.2 Å². The number of anilines is 3. The predicted octanol–water partition coefficient (Wildman–Crippen LogP) is 3.82. The molecule has 4 N–H and O–H groups in total. The van der Waals surface area contributed by atoms with E-state index in [0.29, 0.717) is 27.1 Å². The highest BCUT2D eigenvalue weighted by atomic mass is 35.5. The van der Waals surface area contributed by atoms with Crippen LogP contribution in [0.3, 0.4) is 0 Å². The number of cyclic esters (lactones) is 1. The zero-order valence-corrected chi connectivity index (χ0v) is 21.4. The molecule has 3 heterocycles. The van der Waals surface area contributed by atoms with E-state index >= 15 is 0 Å². The van der Waals surface area contributed by atoms with E-state index in [4.69, 9.17) is 22.1 Å². The molecule has 11 heteroatoms. The molecule has 2 unspecified atom stereocenters. The molecule has 2 saturated heterocycles. The van der Waals surface area contributed by atoms with Gasteiger partial charge in [0, 0.05) is 30.7 Å². The van der Waals surface area contributed by atoms with E-state index in [-0.39, 0.29) is 36.9 Å². The van der Waals surface area contributed by atoms with Gasteiger partial charge in [-0.1, -0.05) is 24.4 Å². The summed E-state index contributed by atoms with van der Waals surface area (Å²) in [6.45, 7) is 2.00. The summed E-state index contributed by atoms with van der Waals surface area (Å²) in [5, 5.41) is 5.93. The van der Waals surface area contributed by atoms with Gasteiger partial charge in [-0.25, -0.2) is 4.79 Å². The number of hydrogen-bond acceptors (Lipinski definition) is 7. The molecule has 0 radical (unpaired) electrons. The van der Waals surface area contributed by atoms with Crippen molar-refractivity contribution in [2.45, 2.75) is 44.2 Å². The third kappa shape index (κ3) is 5.45. The maximum absolute atomic E-state index is 13.0. The first-order valence-electron chi connectivity index (χ1n) is 12.3. The second kappa shape index (κ2) is 10.7. The Morgan fingerprint density at radius 1 is 1.14 bits per heavy atom. The number of rotatable bonds is 7. The van der Waals surface area contributed by atoms with E-state index in [9.17, 15) is 14.4 Å². The van der Waals surface area contributed by atoms with Crippen LogP contribution in [0, 0.1) is 5.92 Å². The Morgan fingerprint density at radius 2 is 1.94 bits per heavy atom. The number of benzene rings is 1. The van der Waals surface area contributed by atoms with E-state index in [1.165, 1.54) is 16.2 Å². The number of hydrogen-bond donors (Lipinski definition) is 3. The van der Waals surface area contributed by atoms with E-state index in [2.05, 4.69) is 15.5 Å². The maximum atomic E-state index is 13.0.